The number of carbonyl (C=O) groups is 2. The van der Waals surface area contributed by atoms with Crippen molar-refractivity contribution >= 4 is 12.0 Å². The average molecular weight is 230 g/mol. The van der Waals surface area contributed by atoms with Gasteiger partial charge in [0, 0.05) is 13.1 Å². The van der Waals surface area contributed by atoms with Crippen LogP contribution in [0.25, 0.3) is 0 Å². The summed E-state index contributed by atoms with van der Waals surface area (Å²) < 4.78 is 0. The Balaban J connectivity index is 4.32. The van der Waals surface area contributed by atoms with Gasteiger partial charge in [0.05, 0.1) is 0 Å². The van der Waals surface area contributed by atoms with Crippen molar-refractivity contribution in [2.75, 3.05) is 13.1 Å². The molecule has 0 aliphatic heterocycles. The quantitative estimate of drug-likeness (QED) is 0.699. The van der Waals surface area contributed by atoms with E-state index < -0.39 is 12.0 Å². The maximum absolute atomic E-state index is 11.7. The number of amides is 2. The van der Waals surface area contributed by atoms with Gasteiger partial charge in [0.15, 0.2) is 0 Å². The lowest BCUT2D eigenvalue weighted by atomic mass is 10.2. The summed E-state index contributed by atoms with van der Waals surface area (Å²) in [6, 6.07) is -1.07. The van der Waals surface area contributed by atoms with Gasteiger partial charge in [-0.2, -0.15) is 0 Å². The summed E-state index contributed by atoms with van der Waals surface area (Å²) in [5.74, 6) is -0.983. The molecule has 0 aliphatic rings. The Hall–Kier alpha value is -1.26. The van der Waals surface area contributed by atoms with E-state index in [9.17, 15) is 9.59 Å². The number of carboxylic acids is 1. The van der Waals surface area contributed by atoms with Crippen molar-refractivity contribution in [1.29, 1.82) is 0 Å². The van der Waals surface area contributed by atoms with Gasteiger partial charge < -0.3 is 15.3 Å². The van der Waals surface area contributed by atoms with Gasteiger partial charge in [-0.05, 0) is 19.3 Å². The Bertz CT molecular complexity index is 225. The van der Waals surface area contributed by atoms with Gasteiger partial charge in [0.25, 0.3) is 0 Å². The molecule has 0 aliphatic carbocycles. The fourth-order valence-corrected chi connectivity index (χ4v) is 1.43. The van der Waals surface area contributed by atoms with E-state index in [1.807, 2.05) is 13.8 Å². The van der Waals surface area contributed by atoms with Gasteiger partial charge in [-0.1, -0.05) is 20.8 Å². The third-order valence-electron chi connectivity index (χ3n) is 2.28. The number of hydrogen-bond donors (Lipinski definition) is 2. The highest BCUT2D eigenvalue weighted by Crippen LogP contribution is 1.98. The molecule has 16 heavy (non-hydrogen) atoms. The molecule has 0 saturated heterocycles. The number of aliphatic carboxylic acids is 1. The lowest BCUT2D eigenvalue weighted by Gasteiger charge is -2.23. The first kappa shape index (κ1) is 14.7. The van der Waals surface area contributed by atoms with E-state index in [1.165, 1.54) is 0 Å². The molecule has 1 unspecified atom stereocenters. The minimum absolute atomic E-state index is 0.280. The molecule has 0 aromatic carbocycles. The molecule has 0 rings (SSSR count). The predicted molar refractivity (Wildman–Crippen MR) is 62.4 cm³/mol. The van der Waals surface area contributed by atoms with Gasteiger partial charge in [0.1, 0.15) is 6.04 Å². The van der Waals surface area contributed by atoms with E-state index in [2.05, 4.69) is 5.32 Å². The van der Waals surface area contributed by atoms with Crippen LogP contribution in [0.15, 0.2) is 0 Å². The molecule has 2 amide bonds. The van der Waals surface area contributed by atoms with E-state index in [4.69, 9.17) is 5.11 Å². The van der Waals surface area contributed by atoms with Crippen LogP contribution < -0.4 is 5.32 Å². The number of rotatable bonds is 7. The van der Waals surface area contributed by atoms with Crippen molar-refractivity contribution in [3.05, 3.63) is 0 Å². The molecule has 0 aromatic rings. The third kappa shape index (κ3) is 5.00. The zero-order chi connectivity index (χ0) is 12.6. The summed E-state index contributed by atoms with van der Waals surface area (Å²) in [5, 5.41) is 11.4. The Labute approximate surface area is 96.8 Å². The Morgan fingerprint density at radius 3 is 2.00 bits per heavy atom. The maximum Gasteiger partial charge on any atom is 0.326 e. The number of carboxylic acid groups (broad SMARTS) is 1. The summed E-state index contributed by atoms with van der Waals surface area (Å²) in [4.78, 5) is 24.2. The fraction of sp³-hybridized carbons (Fsp3) is 0.818. The van der Waals surface area contributed by atoms with E-state index >= 15 is 0 Å². The second-order valence-corrected chi connectivity index (χ2v) is 3.74. The number of nitrogens with zero attached hydrogens (tertiary/aromatic N) is 1. The van der Waals surface area contributed by atoms with Gasteiger partial charge in [-0.3, -0.25) is 0 Å². The van der Waals surface area contributed by atoms with Crippen LogP contribution in [-0.4, -0.2) is 41.1 Å². The zero-order valence-corrected chi connectivity index (χ0v) is 10.3. The number of hydrogen-bond acceptors (Lipinski definition) is 2. The minimum Gasteiger partial charge on any atom is -0.480 e. The molecular formula is C11H22N2O3. The normalized spacial score (nSPS) is 11.9. The monoisotopic (exact) mass is 230 g/mol. The molecule has 0 bridgehead atoms. The van der Waals surface area contributed by atoms with E-state index in [-0.39, 0.29) is 6.03 Å². The number of urea groups is 1. The molecule has 1 atom stereocenters. The highest BCUT2D eigenvalue weighted by atomic mass is 16.4. The summed E-state index contributed by atoms with van der Waals surface area (Å²) >= 11 is 0. The summed E-state index contributed by atoms with van der Waals surface area (Å²) in [6.45, 7) is 7.05. The molecule has 0 heterocycles. The molecule has 0 spiro atoms. The zero-order valence-electron chi connectivity index (χ0n) is 10.3. The van der Waals surface area contributed by atoms with E-state index in [0.717, 1.165) is 12.8 Å². The first-order valence-corrected chi connectivity index (χ1v) is 5.84. The lowest BCUT2D eigenvalue weighted by molar-refractivity contribution is -0.139. The van der Waals surface area contributed by atoms with Crippen LogP contribution in [0.1, 0.15) is 40.0 Å². The average Bonchev–Trinajstić information content (AvgIpc) is 2.24. The van der Waals surface area contributed by atoms with E-state index in [0.29, 0.717) is 19.5 Å². The van der Waals surface area contributed by atoms with Crippen molar-refractivity contribution < 1.29 is 14.7 Å². The Morgan fingerprint density at radius 1 is 1.19 bits per heavy atom. The smallest absolute Gasteiger partial charge is 0.326 e. The molecule has 94 valence electrons. The van der Waals surface area contributed by atoms with Gasteiger partial charge in [0.2, 0.25) is 0 Å². The first-order valence-electron chi connectivity index (χ1n) is 5.84. The summed E-state index contributed by atoms with van der Waals surface area (Å²) in [6.07, 6.45) is 2.14. The molecule has 5 nitrogen and oxygen atoms in total. The van der Waals surface area contributed by atoms with Crippen molar-refractivity contribution in [3.8, 4) is 0 Å². The summed E-state index contributed by atoms with van der Waals surface area (Å²) in [5.41, 5.74) is 0. The molecule has 0 saturated carbocycles. The predicted octanol–water partition coefficient (Wildman–Crippen LogP) is 1.68. The first-order chi connectivity index (χ1) is 7.56. The van der Waals surface area contributed by atoms with Gasteiger partial charge in [-0.25, -0.2) is 9.59 Å². The van der Waals surface area contributed by atoms with Crippen LogP contribution in [-0.2, 0) is 4.79 Å². The molecule has 0 radical (unpaired) electrons. The standard InChI is InChI=1S/C11H22N2O3/c1-4-7-13(8-5-2)11(16)12-9(6-3)10(14)15/h9H,4-8H2,1-3H3,(H,12,16)(H,14,15). The SMILES string of the molecule is CCCN(CCC)C(=O)NC(CC)C(=O)O. The van der Waals surface area contributed by atoms with Crippen LogP contribution >= 0.6 is 0 Å². The number of carbonyl (C=O) groups excluding carboxylic acids is 1. The van der Waals surface area contributed by atoms with Crippen molar-refractivity contribution in [3.63, 3.8) is 0 Å². The minimum atomic E-state index is -0.983. The van der Waals surface area contributed by atoms with Gasteiger partial charge in [-0.15, -0.1) is 0 Å². The van der Waals surface area contributed by atoms with Crippen LogP contribution in [0, 0.1) is 0 Å². The van der Waals surface area contributed by atoms with Gasteiger partial charge >= 0.3 is 12.0 Å². The van der Waals surface area contributed by atoms with Crippen LogP contribution in [0.5, 0.6) is 0 Å². The summed E-state index contributed by atoms with van der Waals surface area (Å²) in [7, 11) is 0. The maximum atomic E-state index is 11.7. The van der Waals surface area contributed by atoms with Crippen LogP contribution in [0.4, 0.5) is 4.79 Å². The van der Waals surface area contributed by atoms with Crippen molar-refractivity contribution in [2.24, 2.45) is 0 Å². The molecule has 0 aromatic heterocycles. The van der Waals surface area contributed by atoms with Crippen molar-refractivity contribution in [2.45, 2.75) is 46.1 Å². The van der Waals surface area contributed by atoms with Crippen LogP contribution in [0.2, 0.25) is 0 Å². The number of nitrogens with one attached hydrogen (secondary N) is 1. The Morgan fingerprint density at radius 2 is 1.69 bits per heavy atom. The molecule has 0 fully saturated rings. The second-order valence-electron chi connectivity index (χ2n) is 3.74. The molecular weight excluding hydrogens is 208 g/mol. The topological polar surface area (TPSA) is 69.6 Å². The van der Waals surface area contributed by atoms with Crippen molar-refractivity contribution in [1.82, 2.24) is 10.2 Å². The van der Waals surface area contributed by atoms with Crippen LogP contribution in [0.3, 0.4) is 0 Å². The fourth-order valence-electron chi connectivity index (χ4n) is 1.43. The van der Waals surface area contributed by atoms with E-state index in [1.54, 1.807) is 11.8 Å². The highest BCUT2D eigenvalue weighted by Gasteiger charge is 2.20. The third-order valence-corrected chi connectivity index (χ3v) is 2.28. The highest BCUT2D eigenvalue weighted by molar-refractivity contribution is 5.82. The largest absolute Gasteiger partial charge is 0.480 e. The molecule has 5 heteroatoms. The Kier molecular flexibility index (Phi) is 7.33. The second kappa shape index (κ2) is 7.96. The lowest BCUT2D eigenvalue weighted by Crippen LogP contribution is -2.48. The molecule has 2 N–H and O–H groups in total.